The van der Waals surface area contributed by atoms with Gasteiger partial charge in [-0.3, -0.25) is 5.10 Å². The second-order valence-electron chi connectivity index (χ2n) is 3.63. The molecule has 1 heterocycles. The molecule has 0 bridgehead atoms. The molecule has 0 spiro atoms. The molecule has 90 valence electrons. The number of nitrogens with zero attached hydrogens (tertiary/aromatic N) is 2. The summed E-state index contributed by atoms with van der Waals surface area (Å²) in [5.74, 6) is 0.851. The van der Waals surface area contributed by atoms with Crippen molar-refractivity contribution in [3.05, 3.63) is 31.6 Å². The average Bonchev–Trinajstić information content (AvgIpc) is 2.65. The number of aromatic amines is 1. The van der Waals surface area contributed by atoms with Crippen LogP contribution in [0, 0.1) is 8.34 Å². The molecule has 2 rings (SSSR count). The highest BCUT2D eigenvalue weighted by Crippen LogP contribution is 2.27. The van der Waals surface area contributed by atoms with E-state index in [1.54, 1.807) is 0 Å². The molecule has 1 aromatic carbocycles. The first kappa shape index (κ1) is 13.0. The Morgan fingerprint density at radius 1 is 1.53 bits per heavy atom. The van der Waals surface area contributed by atoms with Crippen LogP contribution in [-0.4, -0.2) is 14.8 Å². The summed E-state index contributed by atoms with van der Waals surface area (Å²) < 4.78 is 3.76. The number of hydrogen-bond donors (Lipinski definition) is 1. The zero-order chi connectivity index (χ0) is 12.4. The first-order valence-corrected chi connectivity index (χ1v) is 7.10. The molecule has 3 nitrogen and oxygen atoms in total. The zero-order valence-electron chi connectivity index (χ0n) is 9.20. The minimum Gasteiger partial charge on any atom is -0.300 e. The summed E-state index contributed by atoms with van der Waals surface area (Å²) in [6, 6.07) is 5.77. The Bertz CT molecular complexity index is 591. The van der Waals surface area contributed by atoms with Crippen molar-refractivity contribution in [2.75, 3.05) is 0 Å². The summed E-state index contributed by atoms with van der Waals surface area (Å²) in [6.07, 6.45) is 1.01. The summed E-state index contributed by atoms with van der Waals surface area (Å²) >= 11 is 13.5. The topological polar surface area (TPSA) is 33.6 Å². The van der Waals surface area contributed by atoms with Crippen molar-refractivity contribution >= 4 is 46.4 Å². The van der Waals surface area contributed by atoms with E-state index >= 15 is 0 Å². The molecule has 17 heavy (non-hydrogen) atoms. The molecule has 1 N–H and O–H groups in total. The molecule has 6 heteroatoms. The molecule has 0 saturated heterocycles. The molecule has 0 atom stereocenters. The molecule has 0 aliphatic rings. The van der Waals surface area contributed by atoms with Crippen LogP contribution >= 0.6 is 46.4 Å². The minimum absolute atomic E-state index is 0.651. The van der Waals surface area contributed by atoms with E-state index in [4.69, 9.17) is 23.8 Å². The van der Waals surface area contributed by atoms with Crippen LogP contribution in [0.3, 0.4) is 0 Å². The third kappa shape index (κ3) is 2.71. The van der Waals surface area contributed by atoms with E-state index in [0.29, 0.717) is 9.79 Å². The molecule has 0 saturated carbocycles. The van der Waals surface area contributed by atoms with Crippen LogP contribution in [0.15, 0.2) is 18.2 Å². The summed E-state index contributed by atoms with van der Waals surface area (Å²) in [7, 11) is 0. The van der Waals surface area contributed by atoms with Crippen LogP contribution in [0.1, 0.15) is 13.3 Å². The van der Waals surface area contributed by atoms with Gasteiger partial charge in [-0.05, 0) is 59.4 Å². The van der Waals surface area contributed by atoms with Crippen LogP contribution in [0.5, 0.6) is 0 Å². The predicted octanol–water partition coefficient (Wildman–Crippen LogP) is 4.28. The maximum Gasteiger partial charge on any atom is 0.195 e. The number of rotatable bonds is 3. The standard InChI is InChI=1S/C11H11ClIN3S/c1-2-5-16-10(14-15-11(16)17)8-6-7(12)3-4-9(8)13/h3-4,6H,2,5H2,1H3,(H,15,17). The highest BCUT2D eigenvalue weighted by molar-refractivity contribution is 14.1. The van der Waals surface area contributed by atoms with Gasteiger partial charge in [0.25, 0.3) is 0 Å². The van der Waals surface area contributed by atoms with Gasteiger partial charge >= 0.3 is 0 Å². The maximum atomic E-state index is 6.03. The fourth-order valence-electron chi connectivity index (χ4n) is 1.62. The van der Waals surface area contributed by atoms with Gasteiger partial charge in [0.05, 0.1) is 0 Å². The predicted molar refractivity (Wildman–Crippen MR) is 80.9 cm³/mol. The van der Waals surface area contributed by atoms with Crippen molar-refractivity contribution in [3.63, 3.8) is 0 Å². The third-order valence-corrected chi connectivity index (χ3v) is 3.86. The fraction of sp³-hybridized carbons (Fsp3) is 0.273. The second kappa shape index (κ2) is 5.49. The van der Waals surface area contributed by atoms with Gasteiger partial charge in [-0.2, -0.15) is 5.10 Å². The van der Waals surface area contributed by atoms with Gasteiger partial charge in [-0.25, -0.2) is 0 Å². The Hall–Kier alpha value is -0.400. The lowest BCUT2D eigenvalue weighted by Crippen LogP contribution is -2.00. The monoisotopic (exact) mass is 379 g/mol. The maximum absolute atomic E-state index is 6.03. The van der Waals surface area contributed by atoms with Crippen molar-refractivity contribution in [1.29, 1.82) is 0 Å². The van der Waals surface area contributed by atoms with Crippen LogP contribution < -0.4 is 0 Å². The summed E-state index contributed by atoms with van der Waals surface area (Å²) in [6.45, 7) is 2.97. The molecule has 2 aromatic rings. The van der Waals surface area contributed by atoms with Gasteiger partial charge in [0, 0.05) is 20.7 Å². The Labute approximate surface area is 123 Å². The Balaban J connectivity index is 2.60. The number of nitrogens with one attached hydrogen (secondary N) is 1. The first-order chi connectivity index (χ1) is 8.13. The SMILES string of the molecule is CCCn1c(-c2cc(Cl)ccc2I)n[nH]c1=S. The van der Waals surface area contributed by atoms with Crippen molar-refractivity contribution in [2.24, 2.45) is 0 Å². The Kier molecular flexibility index (Phi) is 4.22. The third-order valence-electron chi connectivity index (χ3n) is 2.37. The normalized spacial score (nSPS) is 10.8. The van der Waals surface area contributed by atoms with Crippen LogP contribution in [0.4, 0.5) is 0 Å². The van der Waals surface area contributed by atoms with Gasteiger partial charge in [-0.1, -0.05) is 18.5 Å². The van der Waals surface area contributed by atoms with Gasteiger partial charge in [0.1, 0.15) is 0 Å². The fourth-order valence-corrected chi connectivity index (χ4v) is 2.60. The van der Waals surface area contributed by atoms with E-state index in [-0.39, 0.29) is 0 Å². The molecular weight excluding hydrogens is 369 g/mol. The highest BCUT2D eigenvalue weighted by atomic mass is 127. The highest BCUT2D eigenvalue weighted by Gasteiger charge is 2.11. The second-order valence-corrected chi connectivity index (χ2v) is 5.61. The molecule has 0 fully saturated rings. The Morgan fingerprint density at radius 3 is 3.00 bits per heavy atom. The van der Waals surface area contributed by atoms with Gasteiger partial charge < -0.3 is 4.57 Å². The molecule has 0 amide bonds. The first-order valence-electron chi connectivity index (χ1n) is 5.24. The van der Waals surface area contributed by atoms with Gasteiger partial charge in [0.2, 0.25) is 0 Å². The van der Waals surface area contributed by atoms with Crippen molar-refractivity contribution < 1.29 is 0 Å². The van der Waals surface area contributed by atoms with Crippen molar-refractivity contribution in [2.45, 2.75) is 19.9 Å². The zero-order valence-corrected chi connectivity index (χ0v) is 12.9. The molecule has 0 unspecified atom stereocenters. The quantitative estimate of drug-likeness (QED) is 0.638. The van der Waals surface area contributed by atoms with E-state index in [1.165, 1.54) is 0 Å². The van der Waals surface area contributed by atoms with E-state index in [1.807, 2.05) is 22.8 Å². The lowest BCUT2D eigenvalue weighted by atomic mass is 10.2. The van der Waals surface area contributed by atoms with E-state index in [2.05, 4.69) is 39.7 Å². The average molecular weight is 380 g/mol. The molecule has 0 radical (unpaired) electrons. The van der Waals surface area contributed by atoms with Crippen molar-refractivity contribution in [1.82, 2.24) is 14.8 Å². The summed E-state index contributed by atoms with van der Waals surface area (Å²) in [4.78, 5) is 0. The van der Waals surface area contributed by atoms with Crippen LogP contribution in [-0.2, 0) is 6.54 Å². The van der Waals surface area contributed by atoms with Crippen molar-refractivity contribution in [3.8, 4) is 11.4 Å². The van der Waals surface area contributed by atoms with Crippen LogP contribution in [0.25, 0.3) is 11.4 Å². The number of benzene rings is 1. The molecular formula is C11H11ClIN3S. The van der Waals surface area contributed by atoms with Gasteiger partial charge in [0.15, 0.2) is 10.6 Å². The van der Waals surface area contributed by atoms with E-state index < -0.39 is 0 Å². The lowest BCUT2D eigenvalue weighted by Gasteiger charge is -2.07. The van der Waals surface area contributed by atoms with Crippen LogP contribution in [0.2, 0.25) is 5.02 Å². The lowest BCUT2D eigenvalue weighted by molar-refractivity contribution is 0.674. The molecule has 1 aromatic heterocycles. The van der Waals surface area contributed by atoms with E-state index in [9.17, 15) is 0 Å². The largest absolute Gasteiger partial charge is 0.300 e. The number of aromatic nitrogens is 3. The number of hydrogen-bond acceptors (Lipinski definition) is 2. The molecule has 0 aliphatic heterocycles. The Morgan fingerprint density at radius 2 is 2.29 bits per heavy atom. The summed E-state index contributed by atoms with van der Waals surface area (Å²) in [5.41, 5.74) is 1.01. The summed E-state index contributed by atoms with van der Waals surface area (Å²) in [5, 5.41) is 7.83. The van der Waals surface area contributed by atoms with Gasteiger partial charge in [-0.15, -0.1) is 0 Å². The van der Waals surface area contributed by atoms with E-state index in [0.717, 1.165) is 27.9 Å². The smallest absolute Gasteiger partial charge is 0.195 e. The molecule has 0 aliphatic carbocycles. The number of halogens is 2. The minimum atomic E-state index is 0.651. The number of H-pyrrole nitrogens is 1.